The Morgan fingerprint density at radius 3 is 2.82 bits per heavy atom. The molecular formula is C10H19N. The van der Waals surface area contributed by atoms with Gasteiger partial charge >= 0.3 is 0 Å². The molecule has 1 heterocycles. The molecule has 1 nitrogen and oxygen atoms in total. The zero-order chi connectivity index (χ0) is 8.16. The fraction of sp³-hybridized carbons (Fsp3) is 0.800. The van der Waals surface area contributed by atoms with Gasteiger partial charge in [0.2, 0.25) is 0 Å². The molecule has 0 spiro atoms. The van der Waals surface area contributed by atoms with Crippen LogP contribution < -0.4 is 5.32 Å². The van der Waals surface area contributed by atoms with Crippen molar-refractivity contribution in [2.24, 2.45) is 0 Å². The van der Waals surface area contributed by atoms with Crippen LogP contribution in [-0.2, 0) is 0 Å². The Kier molecular flexibility index (Phi) is 3.13. The molecule has 1 atom stereocenters. The van der Waals surface area contributed by atoms with Crippen LogP contribution in [0.5, 0.6) is 0 Å². The summed E-state index contributed by atoms with van der Waals surface area (Å²) >= 11 is 0. The highest BCUT2D eigenvalue weighted by atomic mass is 15.0. The zero-order valence-electron chi connectivity index (χ0n) is 7.69. The van der Waals surface area contributed by atoms with E-state index in [9.17, 15) is 0 Å². The summed E-state index contributed by atoms with van der Waals surface area (Å²) in [6.07, 6.45) is 9.60. The first kappa shape index (κ1) is 8.79. The van der Waals surface area contributed by atoms with Crippen LogP contribution >= 0.6 is 0 Å². The monoisotopic (exact) mass is 153 g/mol. The lowest BCUT2D eigenvalue weighted by Crippen LogP contribution is -2.35. The first-order valence-electron chi connectivity index (χ1n) is 4.67. The highest BCUT2D eigenvalue weighted by Crippen LogP contribution is 2.22. The lowest BCUT2D eigenvalue weighted by atomic mass is 9.96. The largest absolute Gasteiger partial charge is 0.311 e. The van der Waals surface area contributed by atoms with Gasteiger partial charge in [0.15, 0.2) is 0 Å². The Morgan fingerprint density at radius 2 is 2.27 bits per heavy atom. The van der Waals surface area contributed by atoms with E-state index in [0.29, 0.717) is 5.54 Å². The van der Waals surface area contributed by atoms with E-state index in [1.54, 1.807) is 0 Å². The van der Waals surface area contributed by atoms with Gasteiger partial charge < -0.3 is 5.32 Å². The summed E-state index contributed by atoms with van der Waals surface area (Å²) in [5, 5.41) is 3.54. The quantitative estimate of drug-likeness (QED) is 0.614. The van der Waals surface area contributed by atoms with E-state index in [-0.39, 0.29) is 0 Å². The maximum Gasteiger partial charge on any atom is 0.0188 e. The third kappa shape index (κ3) is 2.66. The third-order valence-corrected chi connectivity index (χ3v) is 2.43. The van der Waals surface area contributed by atoms with Crippen LogP contribution in [0.1, 0.15) is 39.5 Å². The first-order chi connectivity index (χ1) is 5.27. The second kappa shape index (κ2) is 3.91. The fourth-order valence-corrected chi connectivity index (χ4v) is 1.64. The van der Waals surface area contributed by atoms with Gasteiger partial charge in [-0.1, -0.05) is 19.1 Å². The summed E-state index contributed by atoms with van der Waals surface area (Å²) in [6.45, 7) is 5.71. The molecule has 0 aromatic heterocycles. The number of allylic oxidation sites excluding steroid dienone is 1. The highest BCUT2D eigenvalue weighted by Gasteiger charge is 2.25. The molecule has 11 heavy (non-hydrogen) atoms. The summed E-state index contributed by atoms with van der Waals surface area (Å²) in [5.74, 6) is 0. The summed E-state index contributed by atoms with van der Waals surface area (Å²) in [7, 11) is 0. The van der Waals surface area contributed by atoms with E-state index in [4.69, 9.17) is 0 Å². The molecule has 1 heteroatoms. The molecule has 0 amide bonds. The van der Waals surface area contributed by atoms with Gasteiger partial charge in [-0.05, 0) is 39.2 Å². The summed E-state index contributed by atoms with van der Waals surface area (Å²) in [5.41, 5.74) is 0.408. The fourth-order valence-electron chi connectivity index (χ4n) is 1.64. The van der Waals surface area contributed by atoms with Crippen molar-refractivity contribution in [1.29, 1.82) is 0 Å². The Hall–Kier alpha value is -0.300. The average molecular weight is 153 g/mol. The second-order valence-electron chi connectivity index (χ2n) is 3.67. The number of hydrogen-bond donors (Lipinski definition) is 1. The van der Waals surface area contributed by atoms with Crippen LogP contribution in [-0.4, -0.2) is 12.1 Å². The molecule has 64 valence electrons. The standard InChI is InChI=1S/C10H19N/c1-3-4-5-7-10(2)8-6-9-11-10/h4-5,11H,3,6-9H2,1-2H3/b5-4-. The van der Waals surface area contributed by atoms with Crippen molar-refractivity contribution in [3.05, 3.63) is 12.2 Å². The van der Waals surface area contributed by atoms with E-state index in [1.165, 1.54) is 25.8 Å². The van der Waals surface area contributed by atoms with Crippen molar-refractivity contribution in [2.45, 2.75) is 45.1 Å². The first-order valence-corrected chi connectivity index (χ1v) is 4.67. The normalized spacial score (nSPS) is 31.8. The van der Waals surface area contributed by atoms with Crippen LogP contribution in [0.25, 0.3) is 0 Å². The molecule has 0 radical (unpaired) electrons. The molecule has 1 aliphatic heterocycles. The van der Waals surface area contributed by atoms with Crippen molar-refractivity contribution in [2.75, 3.05) is 6.54 Å². The smallest absolute Gasteiger partial charge is 0.0188 e. The van der Waals surface area contributed by atoms with E-state index in [1.807, 2.05) is 0 Å². The molecule has 1 saturated heterocycles. The van der Waals surface area contributed by atoms with Gasteiger partial charge in [0.05, 0.1) is 0 Å². The Labute approximate surface area is 69.9 Å². The minimum atomic E-state index is 0.408. The maximum absolute atomic E-state index is 3.54. The third-order valence-electron chi connectivity index (χ3n) is 2.43. The van der Waals surface area contributed by atoms with Crippen molar-refractivity contribution < 1.29 is 0 Å². The van der Waals surface area contributed by atoms with Crippen molar-refractivity contribution in [3.63, 3.8) is 0 Å². The van der Waals surface area contributed by atoms with E-state index >= 15 is 0 Å². The topological polar surface area (TPSA) is 12.0 Å². The lowest BCUT2D eigenvalue weighted by Gasteiger charge is -2.21. The zero-order valence-corrected chi connectivity index (χ0v) is 7.69. The second-order valence-corrected chi connectivity index (χ2v) is 3.67. The van der Waals surface area contributed by atoms with Crippen molar-refractivity contribution in [1.82, 2.24) is 5.32 Å². The molecule has 1 N–H and O–H groups in total. The van der Waals surface area contributed by atoms with Crippen LogP contribution in [0.4, 0.5) is 0 Å². The summed E-state index contributed by atoms with van der Waals surface area (Å²) in [4.78, 5) is 0. The minimum absolute atomic E-state index is 0.408. The molecule has 1 aliphatic rings. The summed E-state index contributed by atoms with van der Waals surface area (Å²) < 4.78 is 0. The maximum atomic E-state index is 3.54. The Bertz CT molecular complexity index is 132. The summed E-state index contributed by atoms with van der Waals surface area (Å²) in [6, 6.07) is 0. The molecule has 0 aliphatic carbocycles. The molecule has 0 aromatic carbocycles. The van der Waals surface area contributed by atoms with Gasteiger partial charge in [0.25, 0.3) is 0 Å². The molecule has 1 fully saturated rings. The van der Waals surface area contributed by atoms with Crippen LogP contribution in [0.15, 0.2) is 12.2 Å². The van der Waals surface area contributed by atoms with Gasteiger partial charge in [-0.25, -0.2) is 0 Å². The SMILES string of the molecule is CC/C=C\CC1(C)CCCN1. The van der Waals surface area contributed by atoms with E-state index in [0.717, 1.165) is 6.42 Å². The van der Waals surface area contributed by atoms with E-state index in [2.05, 4.69) is 31.3 Å². The van der Waals surface area contributed by atoms with Gasteiger partial charge in [-0.2, -0.15) is 0 Å². The molecule has 0 aromatic rings. The van der Waals surface area contributed by atoms with Gasteiger partial charge in [0, 0.05) is 5.54 Å². The molecule has 0 saturated carbocycles. The Balaban J connectivity index is 2.28. The van der Waals surface area contributed by atoms with E-state index < -0.39 is 0 Å². The van der Waals surface area contributed by atoms with Crippen molar-refractivity contribution in [3.8, 4) is 0 Å². The predicted octanol–water partition coefficient (Wildman–Crippen LogP) is 2.48. The van der Waals surface area contributed by atoms with Gasteiger partial charge in [-0.3, -0.25) is 0 Å². The number of rotatable bonds is 3. The number of hydrogen-bond acceptors (Lipinski definition) is 1. The van der Waals surface area contributed by atoms with Crippen LogP contribution in [0, 0.1) is 0 Å². The molecule has 1 unspecified atom stereocenters. The molecule has 1 rings (SSSR count). The highest BCUT2D eigenvalue weighted by molar-refractivity contribution is 4.96. The Morgan fingerprint density at radius 1 is 1.45 bits per heavy atom. The number of nitrogens with one attached hydrogen (secondary N) is 1. The van der Waals surface area contributed by atoms with Crippen LogP contribution in [0.2, 0.25) is 0 Å². The van der Waals surface area contributed by atoms with Crippen molar-refractivity contribution >= 4 is 0 Å². The van der Waals surface area contributed by atoms with Gasteiger partial charge in [-0.15, -0.1) is 0 Å². The van der Waals surface area contributed by atoms with Crippen LogP contribution in [0.3, 0.4) is 0 Å². The molecule has 0 bridgehead atoms. The lowest BCUT2D eigenvalue weighted by molar-refractivity contribution is 0.420. The predicted molar refractivity (Wildman–Crippen MR) is 49.7 cm³/mol. The average Bonchev–Trinajstić information content (AvgIpc) is 2.38. The van der Waals surface area contributed by atoms with Gasteiger partial charge in [0.1, 0.15) is 0 Å². The minimum Gasteiger partial charge on any atom is -0.311 e. The molecular weight excluding hydrogens is 134 g/mol.